The molecule has 2 aromatic carbocycles. The Morgan fingerprint density at radius 3 is 2.18 bits per heavy atom. The zero-order valence-corrected chi connectivity index (χ0v) is 13.4. The fraction of sp³-hybridized carbons (Fsp3) is 0.200. The maximum absolute atomic E-state index is 3.76. The third kappa shape index (κ3) is 3.81. The summed E-state index contributed by atoms with van der Waals surface area (Å²) in [6.07, 6.45) is 1.03. The molecule has 0 aromatic heterocycles. The van der Waals surface area contributed by atoms with Crippen LogP contribution in [-0.4, -0.2) is 0 Å². The molecule has 0 spiro atoms. The standard InChI is InChI=1S/C15H14BrI/c1-11-2-4-12(5-3-11)10-15(16)13-6-8-14(17)9-7-13/h2-9,15H,10H2,1H3. The van der Waals surface area contributed by atoms with Crippen molar-refractivity contribution in [2.24, 2.45) is 0 Å². The minimum absolute atomic E-state index is 0.391. The maximum atomic E-state index is 3.76. The third-order valence-corrected chi connectivity index (χ3v) is 4.34. The molecule has 0 nitrogen and oxygen atoms in total. The minimum Gasteiger partial charge on any atom is -0.0835 e. The normalized spacial score (nSPS) is 12.4. The van der Waals surface area contributed by atoms with E-state index in [2.05, 4.69) is 94.0 Å². The lowest BCUT2D eigenvalue weighted by Crippen LogP contribution is -1.95. The van der Waals surface area contributed by atoms with Crippen LogP contribution in [0.25, 0.3) is 0 Å². The number of hydrogen-bond donors (Lipinski definition) is 0. The van der Waals surface area contributed by atoms with Gasteiger partial charge in [0.2, 0.25) is 0 Å². The van der Waals surface area contributed by atoms with Gasteiger partial charge in [0, 0.05) is 8.40 Å². The molecule has 1 unspecified atom stereocenters. The van der Waals surface area contributed by atoms with Crippen molar-refractivity contribution in [3.05, 3.63) is 68.8 Å². The van der Waals surface area contributed by atoms with Crippen LogP contribution in [0.15, 0.2) is 48.5 Å². The van der Waals surface area contributed by atoms with Gasteiger partial charge in [-0.25, -0.2) is 0 Å². The van der Waals surface area contributed by atoms with E-state index < -0.39 is 0 Å². The van der Waals surface area contributed by atoms with Gasteiger partial charge in [0.1, 0.15) is 0 Å². The number of aryl methyl sites for hydroxylation is 1. The van der Waals surface area contributed by atoms with Crippen molar-refractivity contribution < 1.29 is 0 Å². The maximum Gasteiger partial charge on any atom is 0.0435 e. The van der Waals surface area contributed by atoms with E-state index in [0.29, 0.717) is 4.83 Å². The Hall–Kier alpha value is -0.350. The van der Waals surface area contributed by atoms with E-state index in [0.717, 1.165) is 6.42 Å². The highest BCUT2D eigenvalue weighted by atomic mass is 127. The highest BCUT2D eigenvalue weighted by Crippen LogP contribution is 2.27. The van der Waals surface area contributed by atoms with E-state index in [9.17, 15) is 0 Å². The predicted molar refractivity (Wildman–Crippen MR) is 85.7 cm³/mol. The van der Waals surface area contributed by atoms with Gasteiger partial charge >= 0.3 is 0 Å². The summed E-state index contributed by atoms with van der Waals surface area (Å²) in [4.78, 5) is 0.391. The van der Waals surface area contributed by atoms with Crippen LogP contribution in [0.4, 0.5) is 0 Å². The Kier molecular flexibility index (Phi) is 4.62. The average molecular weight is 401 g/mol. The molecule has 0 radical (unpaired) electrons. The molecule has 88 valence electrons. The quantitative estimate of drug-likeness (QED) is 0.485. The van der Waals surface area contributed by atoms with E-state index >= 15 is 0 Å². The highest BCUT2D eigenvalue weighted by molar-refractivity contribution is 14.1. The van der Waals surface area contributed by atoms with Crippen LogP contribution in [0.1, 0.15) is 21.5 Å². The van der Waals surface area contributed by atoms with Crippen molar-refractivity contribution in [3.63, 3.8) is 0 Å². The Labute approximate surface area is 125 Å². The van der Waals surface area contributed by atoms with Crippen LogP contribution in [0.3, 0.4) is 0 Å². The molecule has 0 bridgehead atoms. The highest BCUT2D eigenvalue weighted by Gasteiger charge is 2.08. The lowest BCUT2D eigenvalue weighted by atomic mass is 10.0. The molecule has 0 saturated carbocycles. The molecule has 0 heterocycles. The van der Waals surface area contributed by atoms with Gasteiger partial charge in [-0.05, 0) is 59.2 Å². The fourth-order valence-corrected chi connectivity index (χ4v) is 2.76. The lowest BCUT2D eigenvalue weighted by molar-refractivity contribution is 0.947. The van der Waals surface area contributed by atoms with Crippen LogP contribution >= 0.6 is 38.5 Å². The Morgan fingerprint density at radius 1 is 1.00 bits per heavy atom. The van der Waals surface area contributed by atoms with Gasteiger partial charge in [0.25, 0.3) is 0 Å². The summed E-state index contributed by atoms with van der Waals surface area (Å²) in [6.45, 7) is 2.12. The van der Waals surface area contributed by atoms with E-state index in [1.165, 1.54) is 20.3 Å². The molecule has 17 heavy (non-hydrogen) atoms. The number of halogens is 2. The van der Waals surface area contributed by atoms with E-state index in [1.807, 2.05) is 0 Å². The number of rotatable bonds is 3. The van der Waals surface area contributed by atoms with Gasteiger partial charge in [-0.2, -0.15) is 0 Å². The molecular weight excluding hydrogens is 387 g/mol. The Balaban J connectivity index is 2.08. The van der Waals surface area contributed by atoms with Crippen LogP contribution < -0.4 is 0 Å². The molecule has 0 aliphatic rings. The Morgan fingerprint density at radius 2 is 1.59 bits per heavy atom. The summed E-state index contributed by atoms with van der Waals surface area (Å²) < 4.78 is 1.28. The Bertz CT molecular complexity index is 473. The van der Waals surface area contributed by atoms with Crippen molar-refractivity contribution in [3.8, 4) is 0 Å². The van der Waals surface area contributed by atoms with Crippen LogP contribution in [0.2, 0.25) is 0 Å². The van der Waals surface area contributed by atoms with Crippen LogP contribution in [0.5, 0.6) is 0 Å². The van der Waals surface area contributed by atoms with Gasteiger partial charge in [-0.1, -0.05) is 57.9 Å². The first-order valence-electron chi connectivity index (χ1n) is 5.60. The largest absolute Gasteiger partial charge is 0.0835 e. The van der Waals surface area contributed by atoms with Gasteiger partial charge in [0.05, 0.1) is 0 Å². The lowest BCUT2D eigenvalue weighted by Gasteiger charge is -2.10. The van der Waals surface area contributed by atoms with Crippen LogP contribution in [0, 0.1) is 10.5 Å². The molecule has 0 amide bonds. The topological polar surface area (TPSA) is 0 Å². The second kappa shape index (κ2) is 6.01. The molecule has 2 aromatic rings. The third-order valence-electron chi connectivity index (χ3n) is 2.77. The summed E-state index contributed by atoms with van der Waals surface area (Å²) in [5, 5.41) is 0. The fourth-order valence-electron chi connectivity index (χ4n) is 1.72. The number of benzene rings is 2. The zero-order chi connectivity index (χ0) is 12.3. The van der Waals surface area contributed by atoms with Gasteiger partial charge in [0.15, 0.2) is 0 Å². The SMILES string of the molecule is Cc1ccc(CC(Br)c2ccc(I)cc2)cc1. The first-order chi connectivity index (χ1) is 8.15. The van der Waals surface area contributed by atoms with Crippen molar-refractivity contribution >= 4 is 38.5 Å². The molecule has 2 rings (SSSR count). The summed E-state index contributed by atoms with van der Waals surface area (Å²) in [7, 11) is 0. The summed E-state index contributed by atoms with van der Waals surface area (Å²) in [5.74, 6) is 0. The second-order valence-corrected chi connectivity index (χ2v) is 6.56. The van der Waals surface area contributed by atoms with Crippen molar-refractivity contribution in [2.45, 2.75) is 18.2 Å². The molecule has 0 aliphatic carbocycles. The molecule has 0 fully saturated rings. The van der Waals surface area contributed by atoms with Crippen molar-refractivity contribution in [1.82, 2.24) is 0 Å². The molecule has 1 atom stereocenters. The molecule has 2 heteroatoms. The van der Waals surface area contributed by atoms with E-state index in [1.54, 1.807) is 0 Å². The van der Waals surface area contributed by atoms with Gasteiger partial charge < -0.3 is 0 Å². The molecule has 0 N–H and O–H groups in total. The first-order valence-corrected chi connectivity index (χ1v) is 7.59. The monoisotopic (exact) mass is 400 g/mol. The second-order valence-electron chi connectivity index (χ2n) is 4.21. The molecule has 0 aliphatic heterocycles. The van der Waals surface area contributed by atoms with Gasteiger partial charge in [-0.3, -0.25) is 0 Å². The molecular formula is C15H14BrI. The number of hydrogen-bond acceptors (Lipinski definition) is 0. The number of alkyl halides is 1. The van der Waals surface area contributed by atoms with E-state index in [4.69, 9.17) is 0 Å². The average Bonchev–Trinajstić information content (AvgIpc) is 2.33. The smallest absolute Gasteiger partial charge is 0.0435 e. The summed E-state index contributed by atoms with van der Waals surface area (Å²) in [5.41, 5.74) is 4.02. The van der Waals surface area contributed by atoms with Crippen molar-refractivity contribution in [1.29, 1.82) is 0 Å². The van der Waals surface area contributed by atoms with Crippen LogP contribution in [-0.2, 0) is 6.42 Å². The zero-order valence-electron chi connectivity index (χ0n) is 9.66. The summed E-state index contributed by atoms with van der Waals surface area (Å²) >= 11 is 6.10. The predicted octanol–water partition coefficient (Wildman–Crippen LogP) is 5.28. The first kappa shape index (κ1) is 13.1. The summed E-state index contributed by atoms with van der Waals surface area (Å²) in [6, 6.07) is 17.4. The van der Waals surface area contributed by atoms with Gasteiger partial charge in [-0.15, -0.1) is 0 Å². The minimum atomic E-state index is 0.391. The molecule has 0 saturated heterocycles. The van der Waals surface area contributed by atoms with Crippen molar-refractivity contribution in [2.75, 3.05) is 0 Å². The van der Waals surface area contributed by atoms with E-state index in [-0.39, 0.29) is 0 Å².